The van der Waals surface area contributed by atoms with Gasteiger partial charge in [-0.05, 0) is 56.5 Å². The first-order valence-electron chi connectivity index (χ1n) is 8.02. The van der Waals surface area contributed by atoms with Crippen LogP contribution in [0, 0.1) is 11.7 Å². The highest BCUT2D eigenvalue weighted by molar-refractivity contribution is 5.75. The Hall–Kier alpha value is -1.46. The zero-order chi connectivity index (χ0) is 15.9. The zero-order valence-electron chi connectivity index (χ0n) is 13.1. The van der Waals surface area contributed by atoms with Gasteiger partial charge in [0.2, 0.25) is 5.91 Å². The molecule has 0 radical (unpaired) electrons. The fourth-order valence-electron chi connectivity index (χ4n) is 2.97. The molecule has 1 aromatic carbocycles. The predicted molar refractivity (Wildman–Crippen MR) is 83.8 cm³/mol. The second-order valence-corrected chi connectivity index (χ2v) is 5.88. The molecule has 1 saturated heterocycles. The third-order valence-corrected chi connectivity index (χ3v) is 4.32. The van der Waals surface area contributed by atoms with Crippen LogP contribution in [0.25, 0.3) is 0 Å². The minimum atomic E-state index is -0.536. The van der Waals surface area contributed by atoms with Gasteiger partial charge in [0, 0.05) is 19.5 Å². The van der Waals surface area contributed by atoms with Crippen LogP contribution in [0.4, 0.5) is 4.39 Å². The highest BCUT2D eigenvalue weighted by atomic mass is 19.1. The number of piperidine rings is 1. The molecule has 1 fully saturated rings. The molecular formula is C17H25FN2O2. The third-order valence-electron chi connectivity index (χ3n) is 4.32. The van der Waals surface area contributed by atoms with Gasteiger partial charge >= 0.3 is 0 Å². The summed E-state index contributed by atoms with van der Waals surface area (Å²) in [5.74, 6) is 0.0123. The van der Waals surface area contributed by atoms with Gasteiger partial charge in [-0.1, -0.05) is 12.1 Å². The van der Waals surface area contributed by atoms with Crippen LogP contribution >= 0.6 is 0 Å². The van der Waals surface area contributed by atoms with Crippen LogP contribution in [0.15, 0.2) is 24.3 Å². The molecule has 22 heavy (non-hydrogen) atoms. The van der Waals surface area contributed by atoms with E-state index in [-0.39, 0.29) is 17.6 Å². The van der Waals surface area contributed by atoms with E-state index in [1.165, 1.54) is 12.1 Å². The van der Waals surface area contributed by atoms with Crippen LogP contribution in [-0.2, 0) is 4.79 Å². The summed E-state index contributed by atoms with van der Waals surface area (Å²) in [6.07, 6.45) is 1.78. The van der Waals surface area contributed by atoms with Gasteiger partial charge in [0.05, 0.1) is 6.10 Å². The first-order chi connectivity index (χ1) is 10.6. The summed E-state index contributed by atoms with van der Waals surface area (Å²) in [5.41, 5.74) is 0.780. The van der Waals surface area contributed by atoms with Gasteiger partial charge in [0.15, 0.2) is 0 Å². The van der Waals surface area contributed by atoms with Gasteiger partial charge in [-0.25, -0.2) is 4.39 Å². The van der Waals surface area contributed by atoms with Gasteiger partial charge in [0.25, 0.3) is 0 Å². The Bertz CT molecular complexity index is 470. The van der Waals surface area contributed by atoms with Crippen LogP contribution in [-0.4, -0.2) is 42.1 Å². The fraction of sp³-hybridized carbons (Fsp3) is 0.588. The number of carbonyl (C=O) groups excluding carboxylic acids is 1. The van der Waals surface area contributed by atoms with E-state index < -0.39 is 6.10 Å². The number of hydrogen-bond acceptors (Lipinski definition) is 3. The highest BCUT2D eigenvalue weighted by Crippen LogP contribution is 2.30. The van der Waals surface area contributed by atoms with E-state index in [0.29, 0.717) is 13.0 Å². The van der Waals surface area contributed by atoms with Crippen molar-refractivity contribution in [3.05, 3.63) is 35.6 Å². The molecule has 0 spiro atoms. The van der Waals surface area contributed by atoms with Crippen molar-refractivity contribution >= 4 is 5.91 Å². The maximum absolute atomic E-state index is 12.9. The van der Waals surface area contributed by atoms with Crippen molar-refractivity contribution in [1.29, 1.82) is 0 Å². The van der Waals surface area contributed by atoms with Gasteiger partial charge < -0.3 is 15.3 Å². The number of aliphatic hydroxyl groups is 1. The lowest BCUT2D eigenvalue weighted by atomic mass is 9.87. The standard InChI is InChI=1S/C17H25FN2O2/c1-2-19-16(21)9-12-20-10-7-14(8-11-20)17(22)13-3-5-15(18)6-4-13/h3-6,14,17,22H,2,7-12H2,1H3,(H,19,21). The van der Waals surface area contributed by atoms with Crippen molar-refractivity contribution in [2.75, 3.05) is 26.2 Å². The Morgan fingerprint density at radius 2 is 2.00 bits per heavy atom. The molecule has 0 aliphatic carbocycles. The summed E-state index contributed by atoms with van der Waals surface area (Å²) in [7, 11) is 0. The molecule has 0 saturated carbocycles. The minimum absolute atomic E-state index is 0.0935. The minimum Gasteiger partial charge on any atom is -0.388 e. The highest BCUT2D eigenvalue weighted by Gasteiger charge is 2.26. The smallest absolute Gasteiger partial charge is 0.221 e. The lowest BCUT2D eigenvalue weighted by Crippen LogP contribution is -2.38. The second kappa shape index (κ2) is 8.25. The molecule has 2 rings (SSSR count). The van der Waals surface area contributed by atoms with Crippen molar-refractivity contribution in [3.63, 3.8) is 0 Å². The summed E-state index contributed by atoms with van der Waals surface area (Å²) >= 11 is 0. The lowest BCUT2D eigenvalue weighted by Gasteiger charge is -2.34. The number of nitrogens with one attached hydrogen (secondary N) is 1. The first kappa shape index (κ1) is 16.9. The van der Waals surface area contributed by atoms with Crippen molar-refractivity contribution < 1.29 is 14.3 Å². The summed E-state index contributed by atoms with van der Waals surface area (Å²) < 4.78 is 12.9. The number of hydrogen-bond donors (Lipinski definition) is 2. The van der Waals surface area contributed by atoms with E-state index >= 15 is 0 Å². The molecule has 1 heterocycles. The molecule has 5 heteroatoms. The molecule has 1 amide bonds. The first-order valence-corrected chi connectivity index (χ1v) is 8.02. The molecule has 1 unspecified atom stereocenters. The molecule has 1 atom stereocenters. The summed E-state index contributed by atoms with van der Waals surface area (Å²) in [5, 5.41) is 13.2. The van der Waals surface area contributed by atoms with Crippen LogP contribution in [0.5, 0.6) is 0 Å². The van der Waals surface area contributed by atoms with Crippen molar-refractivity contribution in [3.8, 4) is 0 Å². The zero-order valence-corrected chi connectivity index (χ0v) is 13.1. The van der Waals surface area contributed by atoms with E-state index in [4.69, 9.17) is 0 Å². The number of benzene rings is 1. The van der Waals surface area contributed by atoms with E-state index in [2.05, 4.69) is 10.2 Å². The molecule has 122 valence electrons. The average Bonchev–Trinajstić information content (AvgIpc) is 2.54. The maximum Gasteiger partial charge on any atom is 0.221 e. The normalized spacial score (nSPS) is 18.1. The van der Waals surface area contributed by atoms with Crippen molar-refractivity contribution in [2.24, 2.45) is 5.92 Å². The number of halogens is 1. The summed E-state index contributed by atoms with van der Waals surface area (Å²) in [4.78, 5) is 13.7. The number of rotatable bonds is 6. The van der Waals surface area contributed by atoms with E-state index in [9.17, 15) is 14.3 Å². The molecule has 2 N–H and O–H groups in total. The topological polar surface area (TPSA) is 52.6 Å². The monoisotopic (exact) mass is 308 g/mol. The number of carbonyl (C=O) groups is 1. The van der Waals surface area contributed by atoms with Gasteiger partial charge in [-0.2, -0.15) is 0 Å². The lowest BCUT2D eigenvalue weighted by molar-refractivity contribution is -0.121. The van der Waals surface area contributed by atoms with Crippen LogP contribution in [0.2, 0.25) is 0 Å². The number of amides is 1. The fourth-order valence-corrected chi connectivity index (χ4v) is 2.97. The molecule has 0 bridgehead atoms. The second-order valence-electron chi connectivity index (χ2n) is 5.88. The Kier molecular flexibility index (Phi) is 6.34. The predicted octanol–water partition coefficient (Wildman–Crippen LogP) is 2.10. The van der Waals surface area contributed by atoms with Crippen LogP contribution < -0.4 is 5.32 Å². The molecule has 1 aliphatic heterocycles. The Morgan fingerprint density at radius 3 is 2.59 bits per heavy atom. The summed E-state index contributed by atoms with van der Waals surface area (Å²) in [6.45, 7) is 5.14. The Labute approximate surface area is 131 Å². The molecular weight excluding hydrogens is 283 g/mol. The van der Waals surface area contributed by atoms with Crippen LogP contribution in [0.1, 0.15) is 37.9 Å². The molecule has 1 aromatic rings. The molecule has 1 aliphatic rings. The average molecular weight is 308 g/mol. The van der Waals surface area contributed by atoms with E-state index in [1.807, 2.05) is 6.92 Å². The SMILES string of the molecule is CCNC(=O)CCN1CCC(C(O)c2ccc(F)cc2)CC1. The number of nitrogens with zero attached hydrogens (tertiary/aromatic N) is 1. The largest absolute Gasteiger partial charge is 0.388 e. The third kappa shape index (κ3) is 4.78. The Morgan fingerprint density at radius 1 is 1.36 bits per heavy atom. The molecule has 0 aromatic heterocycles. The summed E-state index contributed by atoms with van der Waals surface area (Å²) in [6, 6.07) is 6.09. The van der Waals surface area contributed by atoms with Crippen LogP contribution in [0.3, 0.4) is 0 Å². The van der Waals surface area contributed by atoms with Crippen molar-refractivity contribution in [1.82, 2.24) is 10.2 Å². The quantitative estimate of drug-likeness (QED) is 0.846. The number of aliphatic hydroxyl groups excluding tert-OH is 1. The van der Waals surface area contributed by atoms with Gasteiger partial charge in [-0.3, -0.25) is 4.79 Å². The van der Waals surface area contributed by atoms with Gasteiger partial charge in [-0.15, -0.1) is 0 Å². The maximum atomic E-state index is 12.9. The van der Waals surface area contributed by atoms with Gasteiger partial charge in [0.1, 0.15) is 5.82 Å². The van der Waals surface area contributed by atoms with E-state index in [1.54, 1.807) is 12.1 Å². The van der Waals surface area contributed by atoms with Crippen molar-refractivity contribution in [2.45, 2.75) is 32.3 Å². The Balaban J connectivity index is 1.76. The number of likely N-dealkylation sites (tertiary alicyclic amines) is 1. The molecule has 4 nitrogen and oxygen atoms in total. The van der Waals surface area contributed by atoms with E-state index in [0.717, 1.165) is 38.0 Å².